The van der Waals surface area contributed by atoms with E-state index in [2.05, 4.69) is 22.5 Å². The van der Waals surface area contributed by atoms with Crippen LogP contribution in [0.25, 0.3) is 0 Å². The number of sulfone groups is 1. The van der Waals surface area contributed by atoms with E-state index < -0.39 is 9.84 Å². The van der Waals surface area contributed by atoms with Crippen LogP contribution < -0.4 is 10.6 Å². The van der Waals surface area contributed by atoms with Crippen LogP contribution >= 0.6 is 0 Å². The number of hydrogen-bond acceptors (Lipinski definition) is 4. The van der Waals surface area contributed by atoms with Crippen molar-refractivity contribution in [3.8, 4) is 0 Å². The van der Waals surface area contributed by atoms with Gasteiger partial charge in [-0.3, -0.25) is 4.99 Å². The smallest absolute Gasteiger partial charge is 0.191 e. The molecule has 0 saturated carbocycles. The molecule has 0 saturated heterocycles. The summed E-state index contributed by atoms with van der Waals surface area (Å²) in [5, 5.41) is 6.44. The van der Waals surface area contributed by atoms with Gasteiger partial charge in [0.05, 0.1) is 5.75 Å². The molecule has 25 heavy (non-hydrogen) atoms. The van der Waals surface area contributed by atoms with E-state index in [1.54, 1.807) is 7.05 Å². The number of nitrogens with zero attached hydrogens (tertiary/aromatic N) is 1. The molecule has 0 rings (SSSR count). The summed E-state index contributed by atoms with van der Waals surface area (Å²) >= 11 is 0. The molecule has 0 aromatic carbocycles. The molecule has 1 unspecified atom stereocenters. The first-order chi connectivity index (χ1) is 11.9. The van der Waals surface area contributed by atoms with Crippen LogP contribution in [0.15, 0.2) is 4.99 Å². The Balaban J connectivity index is 3.58. The molecule has 150 valence electrons. The molecule has 0 aromatic heterocycles. The average Bonchev–Trinajstić information content (AvgIpc) is 2.56. The second kappa shape index (κ2) is 15.4. The first-order valence-corrected chi connectivity index (χ1v) is 11.7. The number of aliphatic imine (C=N–C) groups is 1. The Kier molecular flexibility index (Phi) is 14.9. The van der Waals surface area contributed by atoms with Crippen LogP contribution in [-0.4, -0.2) is 59.2 Å². The van der Waals surface area contributed by atoms with Crippen LogP contribution in [0.5, 0.6) is 0 Å². The predicted octanol–water partition coefficient (Wildman–Crippen LogP) is 2.74. The number of guanidine groups is 1. The number of hydrogen-bond donors (Lipinski definition) is 2. The monoisotopic (exact) mass is 377 g/mol. The molecule has 0 fully saturated rings. The Morgan fingerprint density at radius 3 is 2.36 bits per heavy atom. The summed E-state index contributed by atoms with van der Waals surface area (Å²) in [5.74, 6) is 0.890. The first kappa shape index (κ1) is 24.2. The topological polar surface area (TPSA) is 79.8 Å². The summed E-state index contributed by atoms with van der Waals surface area (Å²) in [4.78, 5) is 4.16. The number of nitrogens with one attached hydrogen (secondary N) is 2. The highest BCUT2D eigenvalue weighted by atomic mass is 32.2. The summed E-state index contributed by atoms with van der Waals surface area (Å²) in [6, 6.07) is 0.0601. The molecule has 7 heteroatoms. The van der Waals surface area contributed by atoms with Crippen molar-refractivity contribution in [2.45, 2.75) is 71.3 Å². The van der Waals surface area contributed by atoms with E-state index in [-0.39, 0.29) is 11.8 Å². The lowest BCUT2D eigenvalue weighted by molar-refractivity contribution is 0.128. The van der Waals surface area contributed by atoms with Gasteiger partial charge in [-0.15, -0.1) is 0 Å². The van der Waals surface area contributed by atoms with Crippen molar-refractivity contribution in [1.29, 1.82) is 0 Å². The number of ether oxygens (including phenoxy) is 1. The van der Waals surface area contributed by atoms with E-state index in [1.165, 1.54) is 38.4 Å². The predicted molar refractivity (Wildman–Crippen MR) is 107 cm³/mol. The quantitative estimate of drug-likeness (QED) is 0.261. The minimum Gasteiger partial charge on any atom is -0.381 e. The van der Waals surface area contributed by atoms with Gasteiger partial charge in [0.25, 0.3) is 0 Å². The Bertz CT molecular complexity index is 439. The van der Waals surface area contributed by atoms with Gasteiger partial charge in [0.2, 0.25) is 0 Å². The van der Waals surface area contributed by atoms with Crippen LogP contribution in [0.3, 0.4) is 0 Å². The van der Waals surface area contributed by atoms with Crippen LogP contribution in [0.4, 0.5) is 0 Å². The molecule has 0 spiro atoms. The van der Waals surface area contributed by atoms with Crippen molar-refractivity contribution in [2.75, 3.05) is 38.8 Å². The Labute approximate surface area is 155 Å². The summed E-state index contributed by atoms with van der Waals surface area (Å²) in [5.41, 5.74) is 0. The lowest BCUT2D eigenvalue weighted by Gasteiger charge is -2.17. The highest BCUT2D eigenvalue weighted by Crippen LogP contribution is 2.04. The van der Waals surface area contributed by atoms with Gasteiger partial charge in [-0.1, -0.05) is 39.0 Å². The fourth-order valence-corrected chi connectivity index (χ4v) is 3.14. The molecule has 0 heterocycles. The maximum atomic E-state index is 11.2. The third-order valence-electron chi connectivity index (χ3n) is 3.93. The van der Waals surface area contributed by atoms with E-state index in [9.17, 15) is 8.42 Å². The minimum absolute atomic E-state index is 0.0601. The standard InChI is InChI=1S/C18H39N3O3S/c1-5-6-7-8-9-10-14-24-15-11-13-20-18(19-3)21-17(2)12-16-25(4,22)23/h17H,5-16H2,1-4H3,(H2,19,20,21). The van der Waals surface area contributed by atoms with Crippen LogP contribution in [-0.2, 0) is 14.6 Å². The third-order valence-corrected chi connectivity index (χ3v) is 4.91. The third kappa shape index (κ3) is 17.8. The Morgan fingerprint density at radius 1 is 1.08 bits per heavy atom. The highest BCUT2D eigenvalue weighted by Gasteiger charge is 2.09. The molecule has 0 bridgehead atoms. The molecule has 6 nitrogen and oxygen atoms in total. The van der Waals surface area contributed by atoms with Crippen LogP contribution in [0, 0.1) is 0 Å². The molecule has 0 aliphatic carbocycles. The zero-order valence-corrected chi connectivity index (χ0v) is 17.5. The normalized spacial score (nSPS) is 13.7. The lowest BCUT2D eigenvalue weighted by Crippen LogP contribution is -2.43. The Morgan fingerprint density at radius 2 is 1.72 bits per heavy atom. The van der Waals surface area contributed by atoms with Gasteiger partial charge in [-0.05, 0) is 26.2 Å². The van der Waals surface area contributed by atoms with E-state index in [0.717, 1.165) is 32.6 Å². The van der Waals surface area contributed by atoms with Crippen molar-refractivity contribution in [3.05, 3.63) is 0 Å². The van der Waals surface area contributed by atoms with E-state index in [1.807, 2.05) is 6.92 Å². The molecular formula is C18H39N3O3S. The average molecular weight is 378 g/mol. The van der Waals surface area contributed by atoms with Gasteiger partial charge in [0.1, 0.15) is 9.84 Å². The second-order valence-electron chi connectivity index (χ2n) is 6.70. The molecule has 2 N–H and O–H groups in total. The van der Waals surface area contributed by atoms with E-state index >= 15 is 0 Å². The number of rotatable bonds is 15. The van der Waals surface area contributed by atoms with Gasteiger partial charge < -0.3 is 15.4 Å². The van der Waals surface area contributed by atoms with Gasteiger partial charge >= 0.3 is 0 Å². The summed E-state index contributed by atoms with van der Waals surface area (Å²) < 4.78 is 28.0. The van der Waals surface area contributed by atoms with Crippen molar-refractivity contribution in [3.63, 3.8) is 0 Å². The summed E-state index contributed by atoms with van der Waals surface area (Å²) in [6.07, 6.45) is 10.5. The van der Waals surface area contributed by atoms with Gasteiger partial charge in [0, 0.05) is 39.1 Å². The van der Waals surface area contributed by atoms with Crippen LogP contribution in [0.1, 0.15) is 65.2 Å². The molecule has 0 amide bonds. The molecule has 1 atom stereocenters. The fraction of sp³-hybridized carbons (Fsp3) is 0.944. The van der Waals surface area contributed by atoms with Gasteiger partial charge in [-0.25, -0.2) is 8.42 Å². The molecule has 0 aliphatic rings. The SMILES string of the molecule is CCCCCCCCOCCCNC(=NC)NC(C)CCS(C)(=O)=O. The van der Waals surface area contributed by atoms with E-state index in [4.69, 9.17) is 4.74 Å². The summed E-state index contributed by atoms with van der Waals surface area (Å²) in [7, 11) is -1.20. The minimum atomic E-state index is -2.92. The molecule has 0 aromatic rings. The van der Waals surface area contributed by atoms with E-state index in [0.29, 0.717) is 12.4 Å². The van der Waals surface area contributed by atoms with Crippen molar-refractivity contribution < 1.29 is 13.2 Å². The lowest BCUT2D eigenvalue weighted by atomic mass is 10.1. The van der Waals surface area contributed by atoms with Crippen LogP contribution in [0.2, 0.25) is 0 Å². The first-order valence-electron chi connectivity index (χ1n) is 9.61. The molecule has 0 radical (unpaired) electrons. The van der Waals surface area contributed by atoms with Crippen molar-refractivity contribution in [1.82, 2.24) is 10.6 Å². The maximum Gasteiger partial charge on any atom is 0.191 e. The number of unbranched alkanes of at least 4 members (excludes halogenated alkanes) is 5. The zero-order valence-electron chi connectivity index (χ0n) is 16.6. The van der Waals surface area contributed by atoms with Crippen molar-refractivity contribution >= 4 is 15.8 Å². The fourth-order valence-electron chi connectivity index (χ4n) is 2.36. The van der Waals surface area contributed by atoms with Crippen molar-refractivity contribution in [2.24, 2.45) is 4.99 Å². The highest BCUT2D eigenvalue weighted by molar-refractivity contribution is 7.90. The molecular weight excluding hydrogens is 338 g/mol. The maximum absolute atomic E-state index is 11.2. The Hall–Kier alpha value is -0.820. The largest absolute Gasteiger partial charge is 0.381 e. The summed E-state index contributed by atoms with van der Waals surface area (Å²) in [6.45, 7) is 6.58. The molecule has 0 aliphatic heterocycles. The second-order valence-corrected chi connectivity index (χ2v) is 8.96. The van der Waals surface area contributed by atoms with Gasteiger partial charge in [0.15, 0.2) is 5.96 Å². The van der Waals surface area contributed by atoms with Gasteiger partial charge in [-0.2, -0.15) is 0 Å². The zero-order chi connectivity index (χ0) is 19.0.